The number of nitrogens with two attached hydrogens (primary N) is 1. The number of nitrogen functional groups attached to an aromatic ring is 1. The molecule has 0 aromatic heterocycles. The van der Waals surface area contributed by atoms with E-state index in [-0.39, 0.29) is 0 Å². The summed E-state index contributed by atoms with van der Waals surface area (Å²) in [6, 6.07) is 12.4. The third-order valence-electron chi connectivity index (χ3n) is 6.10. The number of allylic oxidation sites excluding steroid dienone is 1. The van der Waals surface area contributed by atoms with E-state index in [4.69, 9.17) is 5.73 Å². The largest absolute Gasteiger partial charge is 0.399 e. The van der Waals surface area contributed by atoms with Crippen molar-refractivity contribution in [3.05, 3.63) is 59.2 Å². The van der Waals surface area contributed by atoms with Crippen LogP contribution in [0.3, 0.4) is 0 Å². The molecule has 1 aliphatic heterocycles. The van der Waals surface area contributed by atoms with Crippen LogP contribution in [0.2, 0.25) is 0 Å². The molecule has 0 saturated carbocycles. The molecule has 0 radical (unpaired) electrons. The number of hydrogen-bond donors (Lipinski definition) is 2. The number of likely N-dealkylation sites (N-methyl/N-ethyl adjacent to an activating group) is 1. The summed E-state index contributed by atoms with van der Waals surface area (Å²) in [5.41, 5.74) is 12.2. The number of aliphatic hydroxyl groups is 1. The summed E-state index contributed by atoms with van der Waals surface area (Å²) in [4.78, 5) is 11.1. The van der Waals surface area contributed by atoms with Gasteiger partial charge in [-0.05, 0) is 77.6 Å². The highest BCUT2D eigenvalue weighted by atomic mass is 16.3. The fourth-order valence-electron chi connectivity index (χ4n) is 3.96. The van der Waals surface area contributed by atoms with Gasteiger partial charge in [0.25, 0.3) is 0 Å². The van der Waals surface area contributed by atoms with Gasteiger partial charge in [0.2, 0.25) is 0 Å². The Bertz CT molecular complexity index is 996. The molecule has 2 aromatic rings. The molecule has 3 rings (SSSR count). The molecule has 2 aromatic carbocycles. The maximum absolute atomic E-state index is 10.4. The Labute approximate surface area is 206 Å². The van der Waals surface area contributed by atoms with Gasteiger partial charge in [-0.1, -0.05) is 12.1 Å². The van der Waals surface area contributed by atoms with E-state index in [9.17, 15) is 5.11 Å². The SMILES string of the molecule is CC=N/C(=C\C)c1ccc(N)c(C)c1.CN1CCN(c2ccc(N(C)C)c(C(C)(C)O)c2)CC1. The van der Waals surface area contributed by atoms with E-state index in [0.717, 1.165) is 59.9 Å². The second-order valence-corrected chi connectivity index (χ2v) is 9.58. The van der Waals surface area contributed by atoms with Crippen molar-refractivity contribution < 1.29 is 5.11 Å². The van der Waals surface area contributed by atoms with Crippen LogP contribution in [-0.2, 0) is 5.60 Å². The Morgan fingerprint density at radius 1 is 1.06 bits per heavy atom. The minimum absolute atomic E-state index is 0.824. The number of hydrogen-bond acceptors (Lipinski definition) is 6. The van der Waals surface area contributed by atoms with Gasteiger partial charge in [-0.15, -0.1) is 0 Å². The number of rotatable bonds is 5. The molecule has 6 nitrogen and oxygen atoms in total. The summed E-state index contributed by atoms with van der Waals surface area (Å²) in [7, 11) is 6.19. The summed E-state index contributed by atoms with van der Waals surface area (Å²) in [5, 5.41) is 10.4. The van der Waals surface area contributed by atoms with E-state index in [2.05, 4.69) is 51.0 Å². The summed E-state index contributed by atoms with van der Waals surface area (Å²) >= 11 is 0. The van der Waals surface area contributed by atoms with Crippen LogP contribution in [0.15, 0.2) is 47.5 Å². The first-order valence-corrected chi connectivity index (χ1v) is 12.0. The monoisotopic (exact) mass is 465 g/mol. The van der Waals surface area contributed by atoms with E-state index >= 15 is 0 Å². The van der Waals surface area contributed by atoms with Gasteiger partial charge in [-0.25, -0.2) is 0 Å². The van der Waals surface area contributed by atoms with Gasteiger partial charge in [-0.2, -0.15) is 0 Å². The minimum Gasteiger partial charge on any atom is -0.399 e. The van der Waals surface area contributed by atoms with Crippen LogP contribution in [0.25, 0.3) is 5.70 Å². The first-order valence-electron chi connectivity index (χ1n) is 12.0. The molecule has 1 aliphatic rings. The molecule has 0 bridgehead atoms. The van der Waals surface area contributed by atoms with Gasteiger partial charge in [0.15, 0.2) is 0 Å². The number of benzene rings is 2. The quantitative estimate of drug-likeness (QED) is 0.492. The molecule has 1 fully saturated rings. The first-order chi connectivity index (χ1) is 16.0. The van der Waals surface area contributed by atoms with E-state index < -0.39 is 5.60 Å². The Hall–Kier alpha value is -2.83. The van der Waals surface area contributed by atoms with Gasteiger partial charge in [0, 0.05) is 74.7 Å². The van der Waals surface area contributed by atoms with Crippen LogP contribution < -0.4 is 15.5 Å². The zero-order chi connectivity index (χ0) is 25.5. The molecular weight excluding hydrogens is 422 g/mol. The van der Waals surface area contributed by atoms with Gasteiger partial charge >= 0.3 is 0 Å². The topological polar surface area (TPSA) is 68.3 Å². The number of nitrogens with zero attached hydrogens (tertiary/aromatic N) is 4. The van der Waals surface area contributed by atoms with Crippen molar-refractivity contribution in [2.75, 3.05) is 62.9 Å². The van der Waals surface area contributed by atoms with Crippen molar-refractivity contribution in [3.8, 4) is 0 Å². The van der Waals surface area contributed by atoms with Crippen LogP contribution in [-0.4, -0.2) is 63.5 Å². The average Bonchev–Trinajstić information content (AvgIpc) is 2.79. The highest BCUT2D eigenvalue weighted by Crippen LogP contribution is 2.33. The lowest BCUT2D eigenvalue weighted by Crippen LogP contribution is -2.44. The molecule has 0 spiro atoms. The summed E-state index contributed by atoms with van der Waals surface area (Å²) in [5.74, 6) is 0. The zero-order valence-electron chi connectivity index (χ0n) is 22.3. The highest BCUT2D eigenvalue weighted by Gasteiger charge is 2.23. The van der Waals surface area contributed by atoms with E-state index in [0.29, 0.717) is 0 Å². The smallest absolute Gasteiger partial charge is 0.0861 e. The first kappa shape index (κ1) is 27.4. The molecule has 34 heavy (non-hydrogen) atoms. The van der Waals surface area contributed by atoms with Crippen molar-refractivity contribution in [2.45, 2.75) is 40.2 Å². The number of anilines is 3. The van der Waals surface area contributed by atoms with Crippen molar-refractivity contribution in [2.24, 2.45) is 4.99 Å². The second kappa shape index (κ2) is 12.0. The molecule has 1 heterocycles. The predicted molar refractivity (Wildman–Crippen MR) is 149 cm³/mol. The predicted octanol–water partition coefficient (Wildman–Crippen LogP) is 4.76. The minimum atomic E-state index is -0.831. The number of piperazine rings is 1. The van der Waals surface area contributed by atoms with Crippen LogP contribution in [0, 0.1) is 6.92 Å². The van der Waals surface area contributed by atoms with Crippen molar-refractivity contribution >= 4 is 29.0 Å². The Balaban J connectivity index is 0.000000257. The zero-order valence-corrected chi connectivity index (χ0v) is 22.3. The number of aryl methyl sites for hydroxylation is 1. The third kappa shape index (κ3) is 7.34. The molecule has 0 aliphatic carbocycles. The molecule has 0 unspecified atom stereocenters. The lowest BCUT2D eigenvalue weighted by atomic mass is 9.95. The fourth-order valence-corrected chi connectivity index (χ4v) is 3.96. The highest BCUT2D eigenvalue weighted by molar-refractivity contribution is 5.74. The normalized spacial score (nSPS) is 15.3. The Morgan fingerprint density at radius 2 is 1.71 bits per heavy atom. The van der Waals surface area contributed by atoms with Crippen molar-refractivity contribution in [3.63, 3.8) is 0 Å². The van der Waals surface area contributed by atoms with E-state index in [1.54, 1.807) is 6.21 Å². The summed E-state index contributed by atoms with van der Waals surface area (Å²) in [6.07, 6.45) is 3.78. The van der Waals surface area contributed by atoms with Gasteiger partial charge in [-0.3, -0.25) is 4.99 Å². The molecular formula is C28H43N5O. The Kier molecular flexibility index (Phi) is 9.71. The maximum Gasteiger partial charge on any atom is 0.0861 e. The van der Waals surface area contributed by atoms with Crippen LogP contribution in [0.4, 0.5) is 17.1 Å². The van der Waals surface area contributed by atoms with Crippen LogP contribution in [0.5, 0.6) is 0 Å². The van der Waals surface area contributed by atoms with Crippen LogP contribution in [0.1, 0.15) is 44.4 Å². The summed E-state index contributed by atoms with van der Waals surface area (Å²) in [6.45, 7) is 13.9. The molecule has 186 valence electrons. The maximum atomic E-state index is 10.4. The average molecular weight is 466 g/mol. The van der Waals surface area contributed by atoms with E-state index in [1.165, 1.54) is 5.69 Å². The summed E-state index contributed by atoms with van der Waals surface area (Å²) < 4.78 is 0. The Morgan fingerprint density at radius 3 is 2.21 bits per heavy atom. The molecule has 3 N–H and O–H groups in total. The lowest BCUT2D eigenvalue weighted by Gasteiger charge is -2.35. The second-order valence-electron chi connectivity index (χ2n) is 9.58. The fraction of sp³-hybridized carbons (Fsp3) is 0.464. The van der Waals surface area contributed by atoms with E-state index in [1.807, 2.05) is 66.9 Å². The molecule has 1 saturated heterocycles. The van der Waals surface area contributed by atoms with Crippen molar-refractivity contribution in [1.29, 1.82) is 0 Å². The molecule has 6 heteroatoms. The standard InChI is InChI=1S/C16H27N3O.C12H16N2/c1-16(2,20)14-12-13(6-7-15(14)17(3)4)19-10-8-18(5)9-11-19;1-4-12(14-5-2)10-6-7-11(13)9(3)8-10/h6-7,12,20H,8-11H2,1-5H3;4-8H,13H2,1-3H3/b;12-4-,14-5?. The van der Waals surface area contributed by atoms with Crippen molar-refractivity contribution in [1.82, 2.24) is 4.90 Å². The number of aliphatic imine (C=N–C) groups is 1. The van der Waals surface area contributed by atoms with Gasteiger partial charge < -0.3 is 25.5 Å². The van der Waals surface area contributed by atoms with Gasteiger partial charge in [0.05, 0.1) is 11.3 Å². The molecule has 0 amide bonds. The third-order valence-corrected chi connectivity index (χ3v) is 6.10. The molecule has 0 atom stereocenters. The van der Waals surface area contributed by atoms with Gasteiger partial charge in [0.1, 0.15) is 0 Å². The lowest BCUT2D eigenvalue weighted by molar-refractivity contribution is 0.0791. The van der Waals surface area contributed by atoms with Crippen LogP contribution >= 0.6 is 0 Å².